The van der Waals surface area contributed by atoms with Crippen LogP contribution in [0.5, 0.6) is 0 Å². The summed E-state index contributed by atoms with van der Waals surface area (Å²) < 4.78 is 0. The van der Waals surface area contributed by atoms with Gasteiger partial charge in [0.05, 0.1) is 4.88 Å². The van der Waals surface area contributed by atoms with Crippen molar-refractivity contribution in [3.8, 4) is 0 Å². The Bertz CT molecular complexity index is 260. The summed E-state index contributed by atoms with van der Waals surface area (Å²) in [5, 5.41) is 9.91. The summed E-state index contributed by atoms with van der Waals surface area (Å²) in [4.78, 5) is 3.25. The highest BCUT2D eigenvalue weighted by Gasteiger charge is 2.16. The highest BCUT2D eigenvalue weighted by molar-refractivity contribution is 7.12. The van der Waals surface area contributed by atoms with E-state index in [2.05, 4.69) is 4.90 Å². The monoisotopic (exact) mass is 180 g/mol. The molecule has 0 atom stereocenters. The Labute approximate surface area is 76.3 Å². The topological polar surface area (TPSA) is 27.1 Å². The van der Waals surface area contributed by atoms with Gasteiger partial charge in [0.15, 0.2) is 0 Å². The average molecular weight is 180 g/mol. The Morgan fingerprint density at radius 1 is 1.42 bits per heavy atom. The van der Waals surface area contributed by atoms with Gasteiger partial charge in [-0.15, -0.1) is 11.3 Å². The third-order valence-corrected chi connectivity index (χ3v) is 3.05. The van der Waals surface area contributed by atoms with Gasteiger partial charge in [-0.2, -0.15) is 0 Å². The molecule has 0 spiro atoms. The molecule has 1 aromatic rings. The minimum atomic E-state index is 0.711. The lowest BCUT2D eigenvalue weighted by Gasteiger charge is -2.16. The molecule has 1 saturated heterocycles. The van der Waals surface area contributed by atoms with Gasteiger partial charge in [0.2, 0.25) is 0 Å². The van der Waals surface area contributed by atoms with Crippen LogP contribution in [0.2, 0.25) is 0 Å². The van der Waals surface area contributed by atoms with Crippen molar-refractivity contribution in [2.75, 3.05) is 13.1 Å². The van der Waals surface area contributed by atoms with E-state index in [0.29, 0.717) is 5.84 Å². The second-order valence-electron chi connectivity index (χ2n) is 3.02. The summed E-state index contributed by atoms with van der Waals surface area (Å²) in [5.41, 5.74) is 0. The summed E-state index contributed by atoms with van der Waals surface area (Å²) in [6.45, 7) is 2.13. The van der Waals surface area contributed by atoms with E-state index in [1.165, 1.54) is 12.8 Å². The van der Waals surface area contributed by atoms with Crippen LogP contribution in [0.1, 0.15) is 17.7 Å². The van der Waals surface area contributed by atoms with Gasteiger partial charge in [-0.05, 0) is 24.3 Å². The number of rotatable bonds is 1. The van der Waals surface area contributed by atoms with E-state index in [4.69, 9.17) is 5.41 Å². The standard InChI is InChI=1S/C9H12N2S/c10-9(8-4-3-7-12-8)11-5-1-2-6-11/h3-4,7,10H,1-2,5-6H2. The van der Waals surface area contributed by atoms with Gasteiger partial charge < -0.3 is 4.90 Å². The minimum absolute atomic E-state index is 0.711. The maximum atomic E-state index is 7.88. The van der Waals surface area contributed by atoms with Crippen LogP contribution < -0.4 is 0 Å². The van der Waals surface area contributed by atoms with Crippen LogP contribution >= 0.6 is 11.3 Å². The largest absolute Gasteiger partial charge is 0.356 e. The normalized spacial score (nSPS) is 16.8. The smallest absolute Gasteiger partial charge is 0.138 e. The van der Waals surface area contributed by atoms with Crippen molar-refractivity contribution in [2.45, 2.75) is 12.8 Å². The first-order chi connectivity index (χ1) is 5.88. The molecule has 0 aromatic carbocycles. The Morgan fingerprint density at radius 2 is 2.17 bits per heavy atom. The van der Waals surface area contributed by atoms with Gasteiger partial charge >= 0.3 is 0 Å². The lowest BCUT2D eigenvalue weighted by molar-refractivity contribution is 0.518. The number of hydrogen-bond donors (Lipinski definition) is 1. The Morgan fingerprint density at radius 3 is 2.75 bits per heavy atom. The summed E-state index contributed by atoms with van der Waals surface area (Å²) >= 11 is 1.65. The maximum absolute atomic E-state index is 7.88. The number of amidine groups is 1. The van der Waals surface area contributed by atoms with Crippen LogP contribution in [0.4, 0.5) is 0 Å². The molecule has 0 radical (unpaired) electrons. The van der Waals surface area contributed by atoms with Gasteiger partial charge in [-0.3, -0.25) is 5.41 Å². The molecule has 0 bridgehead atoms. The van der Waals surface area contributed by atoms with Gasteiger partial charge in [0.1, 0.15) is 5.84 Å². The lowest BCUT2D eigenvalue weighted by Crippen LogP contribution is -2.26. The van der Waals surface area contributed by atoms with Crippen molar-refractivity contribution in [1.82, 2.24) is 4.90 Å². The van der Waals surface area contributed by atoms with Gasteiger partial charge in [-0.1, -0.05) is 6.07 Å². The molecule has 0 aliphatic carbocycles. The van der Waals surface area contributed by atoms with Crippen LogP contribution in [0.25, 0.3) is 0 Å². The number of nitrogens with one attached hydrogen (secondary N) is 1. The second-order valence-corrected chi connectivity index (χ2v) is 3.97. The van der Waals surface area contributed by atoms with E-state index in [-0.39, 0.29) is 0 Å². The molecule has 1 N–H and O–H groups in total. The molecule has 12 heavy (non-hydrogen) atoms. The molecule has 0 amide bonds. The van der Waals surface area contributed by atoms with Crippen LogP contribution in [-0.2, 0) is 0 Å². The summed E-state index contributed by atoms with van der Waals surface area (Å²) in [7, 11) is 0. The average Bonchev–Trinajstić information content (AvgIpc) is 2.77. The molecule has 1 aromatic heterocycles. The number of likely N-dealkylation sites (tertiary alicyclic amines) is 1. The summed E-state index contributed by atoms with van der Waals surface area (Å²) in [6.07, 6.45) is 2.49. The summed E-state index contributed by atoms with van der Waals surface area (Å²) in [6, 6.07) is 4.02. The summed E-state index contributed by atoms with van der Waals surface area (Å²) in [5.74, 6) is 0.711. The van der Waals surface area contributed by atoms with Crippen molar-refractivity contribution in [3.05, 3.63) is 22.4 Å². The zero-order chi connectivity index (χ0) is 8.39. The molecule has 1 aliphatic heterocycles. The van der Waals surface area contributed by atoms with E-state index in [1.54, 1.807) is 11.3 Å². The zero-order valence-corrected chi connectivity index (χ0v) is 7.73. The molecular formula is C9H12N2S. The third-order valence-electron chi connectivity index (χ3n) is 2.18. The lowest BCUT2D eigenvalue weighted by atomic mass is 10.4. The van der Waals surface area contributed by atoms with Crippen LogP contribution in [-0.4, -0.2) is 23.8 Å². The molecule has 3 heteroatoms. The predicted molar refractivity (Wildman–Crippen MR) is 52.0 cm³/mol. The quantitative estimate of drug-likeness (QED) is 0.520. The van der Waals surface area contributed by atoms with Crippen molar-refractivity contribution in [3.63, 3.8) is 0 Å². The molecule has 2 nitrogen and oxygen atoms in total. The fourth-order valence-electron chi connectivity index (χ4n) is 1.51. The zero-order valence-electron chi connectivity index (χ0n) is 6.92. The highest BCUT2D eigenvalue weighted by Crippen LogP contribution is 2.15. The molecule has 0 saturated carbocycles. The van der Waals surface area contributed by atoms with E-state index in [9.17, 15) is 0 Å². The molecule has 0 unspecified atom stereocenters. The van der Waals surface area contributed by atoms with Crippen molar-refractivity contribution in [2.24, 2.45) is 0 Å². The number of thiophene rings is 1. The van der Waals surface area contributed by atoms with Crippen molar-refractivity contribution < 1.29 is 0 Å². The van der Waals surface area contributed by atoms with Crippen molar-refractivity contribution >= 4 is 17.2 Å². The molecule has 2 rings (SSSR count). The maximum Gasteiger partial charge on any atom is 0.138 e. The van der Waals surface area contributed by atoms with Gasteiger partial charge in [0.25, 0.3) is 0 Å². The van der Waals surface area contributed by atoms with Crippen LogP contribution in [0.3, 0.4) is 0 Å². The van der Waals surface area contributed by atoms with E-state index in [1.807, 2.05) is 17.5 Å². The van der Waals surface area contributed by atoms with E-state index >= 15 is 0 Å². The van der Waals surface area contributed by atoms with Crippen molar-refractivity contribution in [1.29, 1.82) is 5.41 Å². The molecule has 1 aliphatic rings. The van der Waals surface area contributed by atoms with E-state index < -0.39 is 0 Å². The fourth-order valence-corrected chi connectivity index (χ4v) is 2.21. The first kappa shape index (κ1) is 7.80. The fraction of sp³-hybridized carbons (Fsp3) is 0.444. The van der Waals surface area contributed by atoms with Gasteiger partial charge in [0, 0.05) is 13.1 Å². The minimum Gasteiger partial charge on any atom is -0.356 e. The Hall–Kier alpha value is -0.830. The predicted octanol–water partition coefficient (Wildman–Crippen LogP) is 2.17. The van der Waals surface area contributed by atoms with Crippen LogP contribution in [0, 0.1) is 5.41 Å². The number of hydrogen-bond acceptors (Lipinski definition) is 2. The van der Waals surface area contributed by atoms with Gasteiger partial charge in [-0.25, -0.2) is 0 Å². The molecule has 2 heterocycles. The second kappa shape index (κ2) is 3.27. The number of nitrogens with zero attached hydrogens (tertiary/aromatic N) is 1. The SMILES string of the molecule is N=C(c1cccs1)N1CCCC1. The molecule has 64 valence electrons. The highest BCUT2D eigenvalue weighted by atomic mass is 32.1. The first-order valence-corrected chi connectivity index (χ1v) is 5.13. The Kier molecular flexibility index (Phi) is 2.13. The van der Waals surface area contributed by atoms with Crippen LogP contribution in [0.15, 0.2) is 17.5 Å². The molecular weight excluding hydrogens is 168 g/mol. The Balaban J connectivity index is 2.09. The molecule has 1 fully saturated rings. The van der Waals surface area contributed by atoms with E-state index in [0.717, 1.165) is 18.0 Å². The first-order valence-electron chi connectivity index (χ1n) is 4.25. The third kappa shape index (κ3) is 1.37.